The maximum atomic E-state index is 11.7. The Balaban J connectivity index is 2.98. The summed E-state index contributed by atoms with van der Waals surface area (Å²) in [5.74, 6) is 0.773. The van der Waals surface area contributed by atoms with E-state index in [-0.39, 0.29) is 11.3 Å². The molecule has 0 aliphatic carbocycles. The van der Waals surface area contributed by atoms with Crippen molar-refractivity contribution >= 4 is 5.78 Å². The normalized spacial score (nSPS) is 11.9. The number of aromatic hydroxyl groups is 1. The number of aryl methyl sites for hydroxylation is 2. The predicted octanol–water partition coefficient (Wildman–Crippen LogP) is 4.16. The first-order valence-electron chi connectivity index (χ1n) is 6.98. The molecule has 1 N–H and O–H groups in total. The molecule has 0 amide bonds. The molecule has 0 heterocycles. The zero-order valence-electron chi connectivity index (χ0n) is 13.0. The summed E-state index contributed by atoms with van der Waals surface area (Å²) in [5.41, 5.74) is 2.89. The van der Waals surface area contributed by atoms with Gasteiger partial charge in [-0.25, -0.2) is 0 Å². The van der Waals surface area contributed by atoms with Crippen LogP contribution in [0.4, 0.5) is 0 Å². The minimum absolute atomic E-state index is 0.0904. The molecular formula is C17H26O2. The third kappa shape index (κ3) is 4.09. The molecular weight excluding hydrogens is 236 g/mol. The van der Waals surface area contributed by atoms with Crippen LogP contribution in [-0.2, 0) is 16.6 Å². The molecule has 0 aliphatic rings. The Morgan fingerprint density at radius 3 is 2.32 bits per heavy atom. The van der Waals surface area contributed by atoms with Gasteiger partial charge in [0.1, 0.15) is 11.5 Å². The van der Waals surface area contributed by atoms with Crippen molar-refractivity contribution in [2.75, 3.05) is 0 Å². The monoisotopic (exact) mass is 262 g/mol. The van der Waals surface area contributed by atoms with Crippen molar-refractivity contribution in [1.29, 1.82) is 0 Å². The number of Topliss-reactive ketones (excluding diaryl/α,β-unsaturated/α-hetero) is 1. The van der Waals surface area contributed by atoms with Gasteiger partial charge in [0.15, 0.2) is 0 Å². The first-order valence-corrected chi connectivity index (χ1v) is 6.98. The number of carbonyl (C=O) groups excluding carboxylic acids is 1. The molecule has 106 valence electrons. The highest BCUT2D eigenvalue weighted by Crippen LogP contribution is 2.34. The lowest BCUT2D eigenvalue weighted by atomic mass is 9.83. The van der Waals surface area contributed by atoms with Crippen LogP contribution in [-0.4, -0.2) is 10.9 Å². The summed E-state index contributed by atoms with van der Waals surface area (Å²) >= 11 is 0. The lowest BCUT2D eigenvalue weighted by molar-refractivity contribution is -0.121. The van der Waals surface area contributed by atoms with Gasteiger partial charge >= 0.3 is 0 Å². The highest BCUT2D eigenvalue weighted by atomic mass is 16.3. The van der Waals surface area contributed by atoms with Crippen molar-refractivity contribution in [1.82, 2.24) is 0 Å². The van der Waals surface area contributed by atoms with Crippen LogP contribution in [0.1, 0.15) is 57.7 Å². The molecule has 0 bridgehead atoms. The summed E-state index contributed by atoms with van der Waals surface area (Å²) in [4.78, 5) is 11.7. The Bertz CT molecular complexity index is 465. The first kappa shape index (κ1) is 15.7. The zero-order chi connectivity index (χ0) is 14.8. The van der Waals surface area contributed by atoms with E-state index < -0.39 is 0 Å². The fourth-order valence-electron chi connectivity index (χ4n) is 2.13. The number of rotatable bonds is 4. The fraction of sp³-hybridized carbons (Fsp3) is 0.588. The first-order chi connectivity index (χ1) is 8.62. The van der Waals surface area contributed by atoms with Crippen LogP contribution < -0.4 is 0 Å². The van der Waals surface area contributed by atoms with Gasteiger partial charge in [-0.3, -0.25) is 4.79 Å². The summed E-state index contributed by atoms with van der Waals surface area (Å²) in [6.07, 6.45) is 1.33. The van der Waals surface area contributed by atoms with Gasteiger partial charge in [0.05, 0.1) is 0 Å². The highest BCUT2D eigenvalue weighted by molar-refractivity contribution is 5.80. The van der Waals surface area contributed by atoms with Crippen LogP contribution in [0.2, 0.25) is 0 Å². The average Bonchev–Trinajstić information content (AvgIpc) is 2.28. The SMILES string of the molecule is Cc1cc(CCC(=O)C(C)C)cc(C(C)(C)C)c1O. The van der Waals surface area contributed by atoms with Crippen LogP contribution >= 0.6 is 0 Å². The van der Waals surface area contributed by atoms with Gasteiger partial charge in [0.25, 0.3) is 0 Å². The van der Waals surface area contributed by atoms with E-state index in [1.165, 1.54) is 0 Å². The molecule has 0 atom stereocenters. The van der Waals surface area contributed by atoms with E-state index in [0.29, 0.717) is 18.0 Å². The topological polar surface area (TPSA) is 37.3 Å². The lowest BCUT2D eigenvalue weighted by Crippen LogP contribution is -2.13. The largest absolute Gasteiger partial charge is 0.507 e. The molecule has 19 heavy (non-hydrogen) atoms. The number of hydrogen-bond acceptors (Lipinski definition) is 2. The van der Waals surface area contributed by atoms with Crippen LogP contribution in [0.25, 0.3) is 0 Å². The van der Waals surface area contributed by atoms with Gasteiger partial charge < -0.3 is 5.11 Å². The van der Waals surface area contributed by atoms with Crippen molar-refractivity contribution < 1.29 is 9.90 Å². The Hall–Kier alpha value is -1.31. The fourth-order valence-corrected chi connectivity index (χ4v) is 2.13. The molecule has 0 aromatic heterocycles. The number of hydrogen-bond donors (Lipinski definition) is 1. The number of ketones is 1. The molecule has 2 nitrogen and oxygen atoms in total. The molecule has 1 rings (SSSR count). The van der Waals surface area contributed by atoms with Crippen molar-refractivity contribution in [3.63, 3.8) is 0 Å². The van der Waals surface area contributed by atoms with Crippen LogP contribution in [0.3, 0.4) is 0 Å². The minimum atomic E-state index is -0.0904. The van der Waals surface area contributed by atoms with E-state index in [0.717, 1.165) is 23.1 Å². The average molecular weight is 262 g/mol. The Morgan fingerprint density at radius 2 is 1.84 bits per heavy atom. The molecule has 2 heteroatoms. The molecule has 0 unspecified atom stereocenters. The summed E-state index contributed by atoms with van der Waals surface area (Å²) in [7, 11) is 0. The van der Waals surface area contributed by atoms with Crippen molar-refractivity contribution in [2.45, 2.75) is 59.8 Å². The summed E-state index contributed by atoms with van der Waals surface area (Å²) in [6.45, 7) is 12.0. The molecule has 0 saturated carbocycles. The summed E-state index contributed by atoms with van der Waals surface area (Å²) in [6, 6.07) is 4.02. The third-order valence-electron chi connectivity index (χ3n) is 3.47. The number of benzene rings is 1. The van der Waals surface area contributed by atoms with Crippen molar-refractivity contribution in [2.24, 2.45) is 5.92 Å². The second kappa shape index (κ2) is 5.77. The summed E-state index contributed by atoms with van der Waals surface area (Å²) < 4.78 is 0. The van der Waals surface area contributed by atoms with E-state index in [1.54, 1.807) is 0 Å². The number of phenolic OH excluding ortho intramolecular Hbond substituents is 1. The van der Waals surface area contributed by atoms with E-state index in [9.17, 15) is 9.90 Å². The van der Waals surface area contributed by atoms with E-state index >= 15 is 0 Å². The number of phenols is 1. The van der Waals surface area contributed by atoms with Gasteiger partial charge in [0, 0.05) is 12.3 Å². The number of carbonyl (C=O) groups is 1. The smallest absolute Gasteiger partial charge is 0.135 e. The van der Waals surface area contributed by atoms with Crippen LogP contribution in [0.5, 0.6) is 5.75 Å². The van der Waals surface area contributed by atoms with Gasteiger partial charge in [-0.05, 0) is 35.4 Å². The van der Waals surface area contributed by atoms with E-state index in [1.807, 2.05) is 32.9 Å². The second-order valence-corrected chi connectivity index (χ2v) is 6.68. The summed E-state index contributed by atoms with van der Waals surface area (Å²) in [5, 5.41) is 10.2. The maximum absolute atomic E-state index is 11.7. The van der Waals surface area contributed by atoms with Crippen LogP contribution in [0.15, 0.2) is 12.1 Å². The molecule has 0 fully saturated rings. The standard InChI is InChI=1S/C17H26O2/c1-11(2)15(18)8-7-13-9-12(3)16(19)14(10-13)17(4,5)6/h9-11,19H,7-8H2,1-6H3. The molecule has 0 spiro atoms. The minimum Gasteiger partial charge on any atom is -0.507 e. The van der Waals surface area contributed by atoms with Gasteiger partial charge in [-0.2, -0.15) is 0 Å². The maximum Gasteiger partial charge on any atom is 0.135 e. The third-order valence-corrected chi connectivity index (χ3v) is 3.47. The molecule has 0 aliphatic heterocycles. The Morgan fingerprint density at radius 1 is 1.26 bits per heavy atom. The lowest BCUT2D eigenvalue weighted by Gasteiger charge is -2.22. The van der Waals surface area contributed by atoms with Gasteiger partial charge in [0.2, 0.25) is 0 Å². The van der Waals surface area contributed by atoms with Crippen molar-refractivity contribution in [3.05, 3.63) is 28.8 Å². The molecule has 0 radical (unpaired) electrons. The zero-order valence-corrected chi connectivity index (χ0v) is 13.0. The predicted molar refractivity (Wildman–Crippen MR) is 79.7 cm³/mol. The Kier molecular flexibility index (Phi) is 4.78. The van der Waals surface area contributed by atoms with E-state index in [4.69, 9.17) is 0 Å². The van der Waals surface area contributed by atoms with Crippen LogP contribution in [0, 0.1) is 12.8 Å². The van der Waals surface area contributed by atoms with E-state index in [2.05, 4.69) is 20.8 Å². The second-order valence-electron chi connectivity index (χ2n) is 6.68. The van der Waals surface area contributed by atoms with Gasteiger partial charge in [-0.15, -0.1) is 0 Å². The molecule has 1 aromatic rings. The quantitative estimate of drug-likeness (QED) is 0.884. The van der Waals surface area contributed by atoms with Crippen molar-refractivity contribution in [3.8, 4) is 5.75 Å². The van der Waals surface area contributed by atoms with Gasteiger partial charge in [-0.1, -0.05) is 46.8 Å². The molecule has 1 aromatic carbocycles. The Labute approximate surface area is 116 Å². The molecule has 0 saturated heterocycles. The highest BCUT2D eigenvalue weighted by Gasteiger charge is 2.20.